The number of carbonyl (C=O) groups excluding carboxylic acids is 1. The number of fused-ring (bicyclic) bond motifs is 1. The Balaban J connectivity index is 1.45. The van der Waals surface area contributed by atoms with Crippen LogP contribution in [0.1, 0.15) is 42.5 Å². The summed E-state index contributed by atoms with van der Waals surface area (Å²) in [6, 6.07) is 12.0. The van der Waals surface area contributed by atoms with Crippen molar-refractivity contribution >= 4 is 39.3 Å². The molecule has 1 N–H and O–H groups in total. The number of benzene rings is 2. The largest absolute Gasteiger partial charge is 0.371 e. The SMILES string of the molecule is O=C(NC1=CC=CN(CC2CCCCC2)C1)c1ccc(I)c2ccccc12. The van der Waals surface area contributed by atoms with Gasteiger partial charge in [-0.05, 0) is 82.6 Å². The number of nitrogens with zero attached hydrogens (tertiary/aromatic N) is 1. The monoisotopic (exact) mass is 472 g/mol. The number of rotatable bonds is 4. The van der Waals surface area contributed by atoms with Gasteiger partial charge in [-0.15, -0.1) is 0 Å². The molecule has 27 heavy (non-hydrogen) atoms. The Morgan fingerprint density at radius 3 is 2.67 bits per heavy atom. The van der Waals surface area contributed by atoms with E-state index < -0.39 is 0 Å². The lowest BCUT2D eigenvalue weighted by molar-refractivity contribution is 0.0964. The van der Waals surface area contributed by atoms with Crippen molar-refractivity contribution in [2.45, 2.75) is 32.1 Å². The molecule has 4 rings (SSSR count). The Labute approximate surface area is 174 Å². The van der Waals surface area contributed by atoms with Crippen LogP contribution in [0.2, 0.25) is 0 Å². The molecule has 0 spiro atoms. The molecule has 0 aromatic heterocycles. The van der Waals surface area contributed by atoms with Gasteiger partial charge in [-0.25, -0.2) is 0 Å². The molecule has 1 saturated carbocycles. The van der Waals surface area contributed by atoms with Crippen molar-refractivity contribution in [1.29, 1.82) is 0 Å². The van der Waals surface area contributed by atoms with Gasteiger partial charge in [0.25, 0.3) is 5.91 Å². The first-order valence-electron chi connectivity index (χ1n) is 9.81. The number of hydrogen-bond donors (Lipinski definition) is 1. The molecule has 1 amide bonds. The van der Waals surface area contributed by atoms with Crippen molar-refractivity contribution in [1.82, 2.24) is 10.2 Å². The molecule has 0 bridgehead atoms. The summed E-state index contributed by atoms with van der Waals surface area (Å²) >= 11 is 2.32. The van der Waals surface area contributed by atoms with Crippen molar-refractivity contribution in [3.05, 3.63) is 69.6 Å². The van der Waals surface area contributed by atoms with E-state index in [4.69, 9.17) is 0 Å². The lowest BCUT2D eigenvalue weighted by atomic mass is 9.89. The van der Waals surface area contributed by atoms with Gasteiger partial charge in [-0.2, -0.15) is 0 Å². The maximum Gasteiger partial charge on any atom is 0.256 e. The van der Waals surface area contributed by atoms with Crippen LogP contribution in [0.4, 0.5) is 0 Å². The predicted octanol–water partition coefficient (Wildman–Crippen LogP) is 5.47. The van der Waals surface area contributed by atoms with Gasteiger partial charge < -0.3 is 10.2 Å². The minimum absolute atomic E-state index is 0.0261. The highest BCUT2D eigenvalue weighted by Crippen LogP contribution is 2.26. The molecule has 2 aromatic rings. The number of nitrogens with one attached hydrogen (secondary N) is 1. The molecular formula is C23H25IN2O. The Morgan fingerprint density at radius 1 is 1.07 bits per heavy atom. The Morgan fingerprint density at radius 2 is 1.85 bits per heavy atom. The minimum Gasteiger partial charge on any atom is -0.371 e. The Bertz CT molecular complexity index is 896. The second-order valence-electron chi connectivity index (χ2n) is 7.56. The molecule has 0 unspecified atom stereocenters. The molecule has 1 fully saturated rings. The van der Waals surface area contributed by atoms with Crippen molar-refractivity contribution in [2.24, 2.45) is 5.92 Å². The van der Waals surface area contributed by atoms with Gasteiger partial charge in [0, 0.05) is 21.4 Å². The highest BCUT2D eigenvalue weighted by molar-refractivity contribution is 14.1. The zero-order valence-electron chi connectivity index (χ0n) is 15.5. The van der Waals surface area contributed by atoms with E-state index >= 15 is 0 Å². The smallest absolute Gasteiger partial charge is 0.256 e. The quantitative estimate of drug-likeness (QED) is 0.599. The van der Waals surface area contributed by atoms with Gasteiger partial charge >= 0.3 is 0 Å². The summed E-state index contributed by atoms with van der Waals surface area (Å²) in [6.07, 6.45) is 13.0. The molecular weight excluding hydrogens is 447 g/mol. The van der Waals surface area contributed by atoms with Crippen LogP contribution < -0.4 is 5.32 Å². The fourth-order valence-corrected chi connectivity index (χ4v) is 4.84. The van der Waals surface area contributed by atoms with E-state index in [9.17, 15) is 4.79 Å². The molecule has 1 aliphatic heterocycles. The summed E-state index contributed by atoms with van der Waals surface area (Å²) < 4.78 is 1.17. The first-order chi connectivity index (χ1) is 13.2. The first kappa shape index (κ1) is 18.5. The van der Waals surface area contributed by atoms with E-state index in [-0.39, 0.29) is 5.91 Å². The predicted molar refractivity (Wildman–Crippen MR) is 120 cm³/mol. The molecule has 4 heteroatoms. The van der Waals surface area contributed by atoms with Crippen molar-refractivity contribution in [2.75, 3.05) is 13.1 Å². The van der Waals surface area contributed by atoms with Gasteiger partial charge in [0.15, 0.2) is 0 Å². The van der Waals surface area contributed by atoms with Crippen LogP contribution in [0.5, 0.6) is 0 Å². The molecule has 0 atom stereocenters. The molecule has 2 aromatic carbocycles. The summed E-state index contributed by atoms with van der Waals surface area (Å²) in [5.41, 5.74) is 1.71. The maximum atomic E-state index is 12.9. The third-order valence-corrected chi connectivity index (χ3v) is 6.52. The highest BCUT2D eigenvalue weighted by Gasteiger charge is 2.19. The highest BCUT2D eigenvalue weighted by atomic mass is 127. The Hall–Kier alpha value is -1.82. The van der Waals surface area contributed by atoms with Crippen molar-refractivity contribution in [3.63, 3.8) is 0 Å². The number of carbonyl (C=O) groups is 1. The zero-order chi connectivity index (χ0) is 18.6. The van der Waals surface area contributed by atoms with Gasteiger partial charge in [0.05, 0.1) is 6.54 Å². The van der Waals surface area contributed by atoms with E-state index in [1.54, 1.807) is 0 Å². The summed E-state index contributed by atoms with van der Waals surface area (Å²) in [6.45, 7) is 1.87. The maximum absolute atomic E-state index is 12.9. The van der Waals surface area contributed by atoms with Gasteiger partial charge in [0.2, 0.25) is 0 Å². The molecule has 0 saturated heterocycles. The fraction of sp³-hybridized carbons (Fsp3) is 0.348. The van der Waals surface area contributed by atoms with E-state index in [1.165, 1.54) is 35.7 Å². The van der Waals surface area contributed by atoms with Crippen LogP contribution >= 0.6 is 22.6 Å². The number of amides is 1. The van der Waals surface area contributed by atoms with E-state index in [0.29, 0.717) is 0 Å². The number of halogens is 1. The minimum atomic E-state index is -0.0261. The average Bonchev–Trinajstić information content (AvgIpc) is 2.69. The lowest BCUT2D eigenvalue weighted by Gasteiger charge is -2.31. The topological polar surface area (TPSA) is 32.3 Å². The zero-order valence-corrected chi connectivity index (χ0v) is 17.6. The van der Waals surface area contributed by atoms with Crippen LogP contribution in [-0.2, 0) is 0 Å². The summed E-state index contributed by atoms with van der Waals surface area (Å²) in [5, 5.41) is 5.28. The van der Waals surface area contributed by atoms with Gasteiger partial charge in [-0.1, -0.05) is 43.5 Å². The van der Waals surface area contributed by atoms with Crippen molar-refractivity contribution in [3.8, 4) is 0 Å². The number of allylic oxidation sites excluding steroid dienone is 2. The molecule has 140 valence electrons. The third-order valence-electron chi connectivity index (χ3n) is 5.57. The lowest BCUT2D eigenvalue weighted by Crippen LogP contribution is -2.35. The second kappa shape index (κ2) is 8.46. The van der Waals surface area contributed by atoms with Crippen molar-refractivity contribution < 1.29 is 4.79 Å². The molecule has 1 heterocycles. The van der Waals surface area contributed by atoms with Gasteiger partial charge in [-0.3, -0.25) is 4.79 Å². The van der Waals surface area contributed by atoms with Crippen LogP contribution in [0.25, 0.3) is 10.8 Å². The normalized spacial score (nSPS) is 17.8. The summed E-state index contributed by atoms with van der Waals surface area (Å²) in [5.74, 6) is 0.764. The fourth-order valence-electron chi connectivity index (χ4n) is 4.19. The molecule has 1 aliphatic carbocycles. The van der Waals surface area contributed by atoms with Crippen LogP contribution in [0.15, 0.2) is 60.4 Å². The van der Waals surface area contributed by atoms with E-state index in [0.717, 1.165) is 41.0 Å². The third kappa shape index (κ3) is 4.37. The standard InChI is InChI=1S/C23H25IN2O/c24-22-13-12-21(19-10-4-5-11-20(19)22)23(27)25-18-9-6-14-26(16-18)15-17-7-2-1-3-8-17/h4-6,9-14,17H,1-3,7-8,15-16H2,(H,25,27). The molecule has 2 aliphatic rings. The van der Waals surface area contributed by atoms with E-state index in [2.05, 4.69) is 45.1 Å². The summed E-state index contributed by atoms with van der Waals surface area (Å²) in [4.78, 5) is 15.3. The Kier molecular flexibility index (Phi) is 5.81. The molecule has 0 radical (unpaired) electrons. The number of hydrogen-bond acceptors (Lipinski definition) is 2. The van der Waals surface area contributed by atoms with Crippen LogP contribution in [0, 0.1) is 9.49 Å². The van der Waals surface area contributed by atoms with E-state index in [1.807, 2.05) is 42.5 Å². The van der Waals surface area contributed by atoms with Crippen LogP contribution in [-0.4, -0.2) is 23.9 Å². The first-order valence-corrected chi connectivity index (χ1v) is 10.9. The average molecular weight is 472 g/mol. The van der Waals surface area contributed by atoms with Gasteiger partial charge in [0.1, 0.15) is 0 Å². The second-order valence-corrected chi connectivity index (χ2v) is 8.72. The molecule has 3 nitrogen and oxygen atoms in total. The summed E-state index contributed by atoms with van der Waals surface area (Å²) in [7, 11) is 0. The van der Waals surface area contributed by atoms with Crippen LogP contribution in [0.3, 0.4) is 0 Å².